The summed E-state index contributed by atoms with van der Waals surface area (Å²) in [5.74, 6) is 0.819. The second-order valence-corrected chi connectivity index (χ2v) is 7.37. The second-order valence-electron chi connectivity index (χ2n) is 4.71. The highest BCUT2D eigenvalue weighted by atomic mass is 32.2. The standard InChI is InChI=1S/C14H14N6O3S2/c1-9-16-10(2)18-13(17-9)19-14(21)20-25(22,23)12-6-4-3-5-11(12)24-8-7-15/h3-6H,8H2,1-2H3,(H2,16,17,18,19,20,21). The molecule has 0 saturated carbocycles. The molecule has 2 aromatic rings. The molecule has 2 N–H and O–H groups in total. The number of carbonyl (C=O) groups excluding carboxylic acids is 1. The lowest BCUT2D eigenvalue weighted by Gasteiger charge is -2.11. The third-order valence-corrected chi connectivity index (χ3v) is 5.20. The number of benzene rings is 1. The van der Waals surface area contributed by atoms with Crippen LogP contribution < -0.4 is 10.0 Å². The molecule has 0 aliphatic rings. The van der Waals surface area contributed by atoms with Gasteiger partial charge in [-0.2, -0.15) is 15.2 Å². The van der Waals surface area contributed by atoms with Crippen molar-refractivity contribution in [2.45, 2.75) is 23.6 Å². The summed E-state index contributed by atoms with van der Waals surface area (Å²) >= 11 is 1.06. The van der Waals surface area contributed by atoms with E-state index in [0.717, 1.165) is 11.8 Å². The van der Waals surface area contributed by atoms with Gasteiger partial charge < -0.3 is 0 Å². The van der Waals surface area contributed by atoms with Gasteiger partial charge in [0.15, 0.2) is 0 Å². The maximum Gasteiger partial charge on any atom is 0.335 e. The van der Waals surface area contributed by atoms with E-state index < -0.39 is 16.1 Å². The zero-order valence-corrected chi connectivity index (χ0v) is 15.0. The molecule has 130 valence electrons. The predicted molar refractivity (Wildman–Crippen MR) is 91.4 cm³/mol. The number of hydrogen-bond acceptors (Lipinski definition) is 8. The van der Waals surface area contributed by atoms with E-state index in [1.807, 2.05) is 10.8 Å². The number of carbonyl (C=O) groups is 1. The summed E-state index contributed by atoms with van der Waals surface area (Å²) in [5.41, 5.74) is 0. The second kappa shape index (κ2) is 7.91. The molecule has 2 amide bonds. The number of nitrogens with zero attached hydrogens (tertiary/aromatic N) is 4. The lowest BCUT2D eigenvalue weighted by atomic mass is 10.4. The molecule has 1 aromatic heterocycles. The number of rotatable bonds is 5. The summed E-state index contributed by atoms with van der Waals surface area (Å²) in [5, 5.41) is 10.9. The average molecular weight is 378 g/mol. The summed E-state index contributed by atoms with van der Waals surface area (Å²) in [6.07, 6.45) is 0. The average Bonchev–Trinajstić information content (AvgIpc) is 2.51. The van der Waals surface area contributed by atoms with E-state index in [2.05, 4.69) is 20.3 Å². The molecule has 25 heavy (non-hydrogen) atoms. The number of anilines is 1. The molecule has 0 atom stereocenters. The van der Waals surface area contributed by atoms with Crippen molar-refractivity contribution in [3.63, 3.8) is 0 Å². The van der Waals surface area contributed by atoms with Crippen LogP contribution in [0.15, 0.2) is 34.1 Å². The summed E-state index contributed by atoms with van der Waals surface area (Å²) in [4.78, 5) is 24.0. The Morgan fingerprint density at radius 1 is 1.20 bits per heavy atom. The van der Waals surface area contributed by atoms with Gasteiger partial charge in [-0.15, -0.1) is 11.8 Å². The van der Waals surface area contributed by atoms with Crippen LogP contribution in [0.25, 0.3) is 0 Å². The van der Waals surface area contributed by atoms with Gasteiger partial charge in [-0.1, -0.05) is 12.1 Å². The number of amides is 2. The minimum atomic E-state index is -4.12. The van der Waals surface area contributed by atoms with Crippen LogP contribution in [0.4, 0.5) is 10.7 Å². The number of urea groups is 1. The van der Waals surface area contributed by atoms with Crippen LogP contribution in [0.1, 0.15) is 11.6 Å². The first-order chi connectivity index (χ1) is 11.8. The highest BCUT2D eigenvalue weighted by Gasteiger charge is 2.21. The SMILES string of the molecule is Cc1nc(C)nc(NC(=O)NS(=O)(=O)c2ccccc2SCC#N)n1. The fourth-order valence-corrected chi connectivity index (χ4v) is 3.98. The Hall–Kier alpha value is -2.71. The fourth-order valence-electron chi connectivity index (χ4n) is 1.88. The van der Waals surface area contributed by atoms with Crippen molar-refractivity contribution in [3.05, 3.63) is 35.9 Å². The Bertz CT molecular complexity index is 920. The van der Waals surface area contributed by atoms with Crippen LogP contribution in [-0.2, 0) is 10.0 Å². The summed E-state index contributed by atoms with van der Waals surface area (Å²) in [7, 11) is -4.12. The molecular weight excluding hydrogens is 364 g/mol. The van der Waals surface area contributed by atoms with Crippen molar-refractivity contribution >= 4 is 33.8 Å². The first-order valence-electron chi connectivity index (χ1n) is 6.93. The largest absolute Gasteiger partial charge is 0.335 e. The van der Waals surface area contributed by atoms with Crippen LogP contribution in [0.2, 0.25) is 0 Å². The Labute approximate surface area is 149 Å². The van der Waals surface area contributed by atoms with Crippen molar-refractivity contribution in [3.8, 4) is 6.07 Å². The highest BCUT2D eigenvalue weighted by Crippen LogP contribution is 2.25. The van der Waals surface area contributed by atoms with Gasteiger partial charge in [0.2, 0.25) is 5.95 Å². The van der Waals surface area contributed by atoms with Gasteiger partial charge >= 0.3 is 6.03 Å². The van der Waals surface area contributed by atoms with Gasteiger partial charge in [-0.3, -0.25) is 5.32 Å². The van der Waals surface area contributed by atoms with Crippen LogP contribution in [0.3, 0.4) is 0 Å². The number of nitriles is 1. The molecule has 0 aliphatic carbocycles. The van der Waals surface area contributed by atoms with Crippen LogP contribution in [-0.4, -0.2) is 35.2 Å². The number of nitrogens with one attached hydrogen (secondary N) is 2. The number of aromatic nitrogens is 3. The van der Waals surface area contributed by atoms with Gasteiger partial charge in [-0.05, 0) is 26.0 Å². The molecule has 11 heteroatoms. The monoisotopic (exact) mass is 378 g/mol. The maximum absolute atomic E-state index is 12.4. The van der Waals surface area contributed by atoms with E-state index in [0.29, 0.717) is 16.5 Å². The lowest BCUT2D eigenvalue weighted by molar-refractivity contribution is 0.256. The van der Waals surface area contributed by atoms with E-state index in [-0.39, 0.29) is 16.6 Å². The lowest BCUT2D eigenvalue weighted by Crippen LogP contribution is -2.35. The molecule has 1 heterocycles. The summed E-state index contributed by atoms with van der Waals surface area (Å²) in [6, 6.07) is 7.02. The molecule has 0 bridgehead atoms. The molecule has 0 spiro atoms. The first kappa shape index (κ1) is 18.6. The molecule has 2 rings (SSSR count). The summed E-state index contributed by atoms with van der Waals surface area (Å²) < 4.78 is 26.8. The molecule has 1 aromatic carbocycles. The van der Waals surface area contributed by atoms with Crippen molar-refractivity contribution in [1.29, 1.82) is 5.26 Å². The third-order valence-electron chi connectivity index (χ3n) is 2.74. The highest BCUT2D eigenvalue weighted by molar-refractivity contribution is 8.00. The van der Waals surface area contributed by atoms with Gasteiger partial charge in [0.05, 0.1) is 11.8 Å². The minimum Gasteiger partial charge on any atom is -0.275 e. The minimum absolute atomic E-state index is 0.0511. The van der Waals surface area contributed by atoms with E-state index in [1.54, 1.807) is 26.0 Å². The molecule has 0 fully saturated rings. The Kier molecular flexibility index (Phi) is 5.89. The van der Waals surface area contributed by atoms with E-state index in [4.69, 9.17) is 5.26 Å². The number of aryl methyl sites for hydroxylation is 2. The zero-order chi connectivity index (χ0) is 18.4. The smallest absolute Gasteiger partial charge is 0.275 e. The van der Waals surface area contributed by atoms with E-state index in [1.165, 1.54) is 12.1 Å². The van der Waals surface area contributed by atoms with E-state index >= 15 is 0 Å². The quantitative estimate of drug-likeness (QED) is 0.749. The maximum atomic E-state index is 12.4. The van der Waals surface area contributed by atoms with Gasteiger partial charge in [0.1, 0.15) is 16.5 Å². The Balaban J connectivity index is 2.18. The number of sulfonamides is 1. The predicted octanol–water partition coefficient (Wildman–Crippen LogP) is 1.61. The van der Waals surface area contributed by atoms with Crippen LogP contribution in [0, 0.1) is 25.2 Å². The Morgan fingerprint density at radius 3 is 2.48 bits per heavy atom. The topological polar surface area (TPSA) is 138 Å². The summed E-state index contributed by atoms with van der Waals surface area (Å²) in [6.45, 7) is 3.24. The van der Waals surface area contributed by atoms with E-state index in [9.17, 15) is 13.2 Å². The van der Waals surface area contributed by atoms with Crippen LogP contribution >= 0.6 is 11.8 Å². The normalized spacial score (nSPS) is 10.8. The molecule has 0 aliphatic heterocycles. The zero-order valence-electron chi connectivity index (χ0n) is 13.3. The van der Waals surface area contributed by atoms with Gasteiger partial charge in [0, 0.05) is 4.90 Å². The van der Waals surface area contributed by atoms with Crippen molar-refractivity contribution in [2.75, 3.05) is 11.1 Å². The number of hydrogen-bond donors (Lipinski definition) is 2. The van der Waals surface area contributed by atoms with Crippen LogP contribution in [0.5, 0.6) is 0 Å². The molecule has 9 nitrogen and oxygen atoms in total. The molecule has 0 unspecified atom stereocenters. The van der Waals surface area contributed by atoms with Crippen molar-refractivity contribution < 1.29 is 13.2 Å². The third kappa shape index (κ3) is 5.13. The van der Waals surface area contributed by atoms with Crippen molar-refractivity contribution in [1.82, 2.24) is 19.7 Å². The molecular formula is C14H14N6O3S2. The molecule has 0 saturated heterocycles. The van der Waals surface area contributed by atoms with Gasteiger partial charge in [-0.25, -0.2) is 22.9 Å². The van der Waals surface area contributed by atoms with Crippen molar-refractivity contribution in [2.24, 2.45) is 0 Å². The first-order valence-corrected chi connectivity index (χ1v) is 9.40. The fraction of sp³-hybridized carbons (Fsp3) is 0.214. The molecule has 0 radical (unpaired) electrons. The van der Waals surface area contributed by atoms with Gasteiger partial charge in [0.25, 0.3) is 10.0 Å². The number of thioether (sulfide) groups is 1. The Morgan fingerprint density at radius 2 is 1.84 bits per heavy atom.